The highest BCUT2D eigenvalue weighted by molar-refractivity contribution is 6.10. The maximum atomic E-state index is 13.4. The molecule has 152 valence electrons. The highest BCUT2D eigenvalue weighted by Crippen LogP contribution is 2.21. The molecule has 1 aromatic carbocycles. The van der Waals surface area contributed by atoms with Gasteiger partial charge in [0, 0.05) is 31.5 Å². The average Bonchev–Trinajstić information content (AvgIpc) is 3.14. The molecule has 2 amide bonds. The van der Waals surface area contributed by atoms with Crippen LogP contribution in [0.1, 0.15) is 54.7 Å². The lowest BCUT2D eigenvalue weighted by atomic mass is 10.2. The maximum Gasteiger partial charge on any atom is 0.290 e. The van der Waals surface area contributed by atoms with Crippen LogP contribution in [0.4, 0.5) is 5.69 Å². The summed E-state index contributed by atoms with van der Waals surface area (Å²) in [4.78, 5) is 34.6. The fourth-order valence-electron chi connectivity index (χ4n) is 3.52. The Morgan fingerprint density at radius 1 is 0.897 bits per heavy atom. The summed E-state index contributed by atoms with van der Waals surface area (Å²) in [6, 6.07) is 15.1. The molecule has 0 unspecified atom stereocenters. The number of carbonyl (C=O) groups excluding carboxylic acids is 2. The van der Waals surface area contributed by atoms with Crippen LogP contribution in [0.15, 0.2) is 54.7 Å². The molecule has 2 aromatic heterocycles. The summed E-state index contributed by atoms with van der Waals surface area (Å²) in [6.07, 6.45) is 3.54. The van der Waals surface area contributed by atoms with Gasteiger partial charge in [0.1, 0.15) is 0 Å². The summed E-state index contributed by atoms with van der Waals surface area (Å²) in [5.74, 6) is -0.0642. The van der Waals surface area contributed by atoms with Crippen molar-refractivity contribution in [1.82, 2.24) is 14.3 Å². The monoisotopic (exact) mass is 392 g/mol. The van der Waals surface area contributed by atoms with Gasteiger partial charge in [-0.2, -0.15) is 0 Å². The van der Waals surface area contributed by atoms with E-state index in [4.69, 9.17) is 0 Å². The maximum absolute atomic E-state index is 13.4. The van der Waals surface area contributed by atoms with E-state index in [1.807, 2.05) is 74.2 Å². The quantitative estimate of drug-likeness (QED) is 0.575. The highest BCUT2D eigenvalue weighted by atomic mass is 16.2. The molecular weight excluding hydrogens is 364 g/mol. The fraction of sp³-hybridized carbons (Fsp3) is 0.348. The van der Waals surface area contributed by atoms with Crippen molar-refractivity contribution < 1.29 is 9.59 Å². The predicted octanol–water partition coefficient (Wildman–Crippen LogP) is 4.26. The highest BCUT2D eigenvalue weighted by Gasteiger charge is 2.27. The molecule has 6 nitrogen and oxygen atoms in total. The standard InChI is InChI=1S/C23H28N4O2/c1-4-15-25(16-5-2)23(29)21-24-20(19-14-10-11-17-27(19)21)22(28)26(6-3)18-12-8-7-9-13-18/h7-14,17H,4-6,15-16H2,1-3H3. The number of hydrogen-bond acceptors (Lipinski definition) is 3. The molecule has 3 aromatic rings. The predicted molar refractivity (Wildman–Crippen MR) is 115 cm³/mol. The van der Waals surface area contributed by atoms with Crippen molar-refractivity contribution in [3.05, 3.63) is 66.2 Å². The second-order valence-electron chi connectivity index (χ2n) is 6.92. The first kappa shape index (κ1) is 20.6. The summed E-state index contributed by atoms with van der Waals surface area (Å²) in [6.45, 7) is 7.88. The van der Waals surface area contributed by atoms with Crippen LogP contribution < -0.4 is 4.90 Å². The number of nitrogens with zero attached hydrogens (tertiary/aromatic N) is 4. The number of anilines is 1. The Labute approximate surface area is 171 Å². The molecular formula is C23H28N4O2. The van der Waals surface area contributed by atoms with E-state index in [1.165, 1.54) is 0 Å². The van der Waals surface area contributed by atoms with E-state index in [1.54, 1.807) is 15.5 Å². The Morgan fingerprint density at radius 2 is 1.55 bits per heavy atom. The molecule has 0 spiro atoms. The second kappa shape index (κ2) is 9.37. The number of aromatic nitrogens is 2. The lowest BCUT2D eigenvalue weighted by molar-refractivity contribution is 0.0742. The third kappa shape index (κ3) is 4.16. The van der Waals surface area contributed by atoms with Crippen molar-refractivity contribution in [2.24, 2.45) is 0 Å². The van der Waals surface area contributed by atoms with Crippen LogP contribution in [0.5, 0.6) is 0 Å². The van der Waals surface area contributed by atoms with Crippen molar-refractivity contribution in [2.45, 2.75) is 33.6 Å². The van der Waals surface area contributed by atoms with Crippen LogP contribution in [0, 0.1) is 0 Å². The molecule has 0 N–H and O–H groups in total. The summed E-state index contributed by atoms with van der Waals surface area (Å²) in [7, 11) is 0. The molecule has 0 saturated carbocycles. The van der Waals surface area contributed by atoms with Crippen LogP contribution in [0.3, 0.4) is 0 Å². The van der Waals surface area contributed by atoms with Crippen molar-refractivity contribution in [3.8, 4) is 0 Å². The van der Waals surface area contributed by atoms with Crippen molar-refractivity contribution in [1.29, 1.82) is 0 Å². The van der Waals surface area contributed by atoms with Gasteiger partial charge in [0.2, 0.25) is 5.82 Å². The number of benzene rings is 1. The average molecular weight is 393 g/mol. The summed E-state index contributed by atoms with van der Waals surface area (Å²) < 4.78 is 1.73. The summed E-state index contributed by atoms with van der Waals surface area (Å²) in [5.41, 5.74) is 1.75. The molecule has 0 atom stereocenters. The summed E-state index contributed by atoms with van der Waals surface area (Å²) in [5, 5.41) is 0. The van der Waals surface area contributed by atoms with E-state index in [-0.39, 0.29) is 17.6 Å². The number of para-hydroxylation sites is 1. The van der Waals surface area contributed by atoms with E-state index in [9.17, 15) is 9.59 Å². The number of imidazole rings is 1. The third-order valence-electron chi connectivity index (χ3n) is 4.85. The fourth-order valence-corrected chi connectivity index (χ4v) is 3.52. The van der Waals surface area contributed by atoms with Crippen LogP contribution in [0.25, 0.3) is 5.52 Å². The SMILES string of the molecule is CCCN(CCC)C(=O)c1nc(C(=O)N(CC)c2ccccc2)c2ccccn12. The van der Waals surface area contributed by atoms with Crippen LogP contribution >= 0.6 is 0 Å². The number of rotatable bonds is 8. The van der Waals surface area contributed by atoms with E-state index >= 15 is 0 Å². The number of hydrogen-bond donors (Lipinski definition) is 0. The van der Waals surface area contributed by atoms with Crippen LogP contribution in [0.2, 0.25) is 0 Å². The minimum absolute atomic E-state index is 0.142. The molecule has 29 heavy (non-hydrogen) atoms. The molecule has 2 heterocycles. The molecule has 6 heteroatoms. The molecule has 0 fully saturated rings. The van der Waals surface area contributed by atoms with Gasteiger partial charge in [-0.3, -0.25) is 14.0 Å². The normalized spacial score (nSPS) is 10.9. The van der Waals surface area contributed by atoms with Crippen LogP contribution in [-0.4, -0.2) is 45.7 Å². The van der Waals surface area contributed by atoms with Gasteiger partial charge in [-0.05, 0) is 44.0 Å². The topological polar surface area (TPSA) is 57.9 Å². The largest absolute Gasteiger partial charge is 0.336 e. The number of fused-ring (bicyclic) bond motifs is 1. The first-order valence-electron chi connectivity index (χ1n) is 10.3. The molecule has 0 saturated heterocycles. The Balaban J connectivity index is 2.06. The summed E-state index contributed by atoms with van der Waals surface area (Å²) >= 11 is 0. The first-order chi connectivity index (χ1) is 14.1. The Hall–Kier alpha value is -3.15. The van der Waals surface area contributed by atoms with Gasteiger partial charge in [0.05, 0.1) is 5.52 Å². The zero-order valence-corrected chi connectivity index (χ0v) is 17.3. The third-order valence-corrected chi connectivity index (χ3v) is 4.85. The van der Waals surface area contributed by atoms with E-state index in [0.29, 0.717) is 30.8 Å². The number of carbonyl (C=O) groups is 2. The van der Waals surface area contributed by atoms with Gasteiger partial charge >= 0.3 is 0 Å². The van der Waals surface area contributed by atoms with Gasteiger partial charge in [-0.25, -0.2) is 4.98 Å². The molecule has 0 aliphatic rings. The van der Waals surface area contributed by atoms with Crippen LogP contribution in [-0.2, 0) is 0 Å². The lowest BCUT2D eigenvalue weighted by Gasteiger charge is -2.20. The van der Waals surface area contributed by atoms with Gasteiger partial charge in [-0.1, -0.05) is 38.1 Å². The van der Waals surface area contributed by atoms with E-state index < -0.39 is 0 Å². The number of amides is 2. The molecule has 3 rings (SSSR count). The minimum atomic E-state index is -0.209. The van der Waals surface area contributed by atoms with Crippen molar-refractivity contribution >= 4 is 23.0 Å². The van der Waals surface area contributed by atoms with Crippen molar-refractivity contribution in [2.75, 3.05) is 24.5 Å². The van der Waals surface area contributed by atoms with E-state index in [0.717, 1.165) is 18.5 Å². The Kier molecular flexibility index (Phi) is 6.65. The number of pyridine rings is 1. The lowest BCUT2D eigenvalue weighted by Crippen LogP contribution is -2.34. The smallest absolute Gasteiger partial charge is 0.290 e. The van der Waals surface area contributed by atoms with Gasteiger partial charge in [0.25, 0.3) is 11.8 Å². The minimum Gasteiger partial charge on any atom is -0.336 e. The van der Waals surface area contributed by atoms with Crippen molar-refractivity contribution in [3.63, 3.8) is 0 Å². The second-order valence-corrected chi connectivity index (χ2v) is 6.92. The van der Waals surface area contributed by atoms with Gasteiger partial charge in [-0.15, -0.1) is 0 Å². The molecule has 0 radical (unpaired) electrons. The Morgan fingerprint density at radius 3 is 2.17 bits per heavy atom. The van der Waals surface area contributed by atoms with Gasteiger partial charge < -0.3 is 9.80 Å². The first-order valence-corrected chi connectivity index (χ1v) is 10.3. The van der Waals surface area contributed by atoms with Gasteiger partial charge in [0.15, 0.2) is 5.69 Å². The Bertz CT molecular complexity index is 975. The van der Waals surface area contributed by atoms with E-state index in [2.05, 4.69) is 4.98 Å². The molecule has 0 bridgehead atoms. The zero-order chi connectivity index (χ0) is 20.8. The molecule has 0 aliphatic heterocycles. The zero-order valence-electron chi connectivity index (χ0n) is 17.3. The molecule has 0 aliphatic carbocycles.